The van der Waals surface area contributed by atoms with Crippen LogP contribution in [0.25, 0.3) is 0 Å². The molecule has 100 valence electrons. The van der Waals surface area contributed by atoms with Crippen molar-refractivity contribution in [3.63, 3.8) is 0 Å². The molecule has 0 aliphatic carbocycles. The second-order valence-electron chi connectivity index (χ2n) is 6.79. The summed E-state index contributed by atoms with van der Waals surface area (Å²) in [4.78, 5) is 0. The highest BCUT2D eigenvalue weighted by molar-refractivity contribution is 5.34. The van der Waals surface area contributed by atoms with Crippen molar-refractivity contribution in [2.24, 2.45) is 5.92 Å². The molecule has 0 aromatic heterocycles. The van der Waals surface area contributed by atoms with Crippen molar-refractivity contribution in [1.82, 2.24) is 5.32 Å². The van der Waals surface area contributed by atoms with Crippen LogP contribution in [0.4, 0.5) is 0 Å². The quantitative estimate of drug-likeness (QED) is 0.835. The van der Waals surface area contributed by atoms with Gasteiger partial charge in [0.2, 0.25) is 0 Å². The lowest BCUT2D eigenvalue weighted by molar-refractivity contribution is 0.372. The Bertz CT molecular complexity index is 395. The predicted octanol–water partition coefficient (Wildman–Crippen LogP) is 3.83. The Hall–Kier alpha value is -0.820. The van der Waals surface area contributed by atoms with Gasteiger partial charge in [-0.3, -0.25) is 0 Å². The lowest BCUT2D eigenvalue weighted by Gasteiger charge is -2.25. The summed E-state index contributed by atoms with van der Waals surface area (Å²) in [5.74, 6) is 0.875. The van der Waals surface area contributed by atoms with Gasteiger partial charge >= 0.3 is 0 Å². The molecule has 0 amide bonds. The van der Waals surface area contributed by atoms with Gasteiger partial charge in [0.1, 0.15) is 0 Å². The number of nitrogens with one attached hydrogen (secondary N) is 1. The van der Waals surface area contributed by atoms with Gasteiger partial charge in [-0.1, -0.05) is 39.0 Å². The Morgan fingerprint density at radius 1 is 1.17 bits per heavy atom. The summed E-state index contributed by atoms with van der Waals surface area (Å²) in [6.07, 6.45) is 3.93. The maximum Gasteiger partial charge on any atom is -0.00462 e. The maximum absolute atomic E-state index is 3.45. The number of hydrogen-bond acceptors (Lipinski definition) is 1. The van der Waals surface area contributed by atoms with Gasteiger partial charge in [0.15, 0.2) is 0 Å². The van der Waals surface area contributed by atoms with Crippen LogP contribution in [0.1, 0.15) is 50.3 Å². The van der Waals surface area contributed by atoms with Crippen LogP contribution in [-0.4, -0.2) is 13.1 Å². The van der Waals surface area contributed by atoms with Crippen molar-refractivity contribution >= 4 is 0 Å². The highest BCUT2D eigenvalue weighted by atomic mass is 14.9. The molecule has 0 spiro atoms. The van der Waals surface area contributed by atoms with Crippen LogP contribution in [-0.2, 0) is 11.8 Å². The van der Waals surface area contributed by atoms with E-state index in [-0.39, 0.29) is 5.41 Å². The molecule has 1 heterocycles. The lowest BCUT2D eigenvalue weighted by Crippen LogP contribution is -2.28. The highest BCUT2D eigenvalue weighted by Crippen LogP contribution is 2.27. The molecule has 1 aromatic rings. The fourth-order valence-electron chi connectivity index (χ4n) is 2.75. The van der Waals surface area contributed by atoms with E-state index < -0.39 is 0 Å². The summed E-state index contributed by atoms with van der Waals surface area (Å²) in [5, 5.41) is 3.45. The third-order valence-corrected chi connectivity index (χ3v) is 4.18. The van der Waals surface area contributed by atoms with Crippen LogP contribution < -0.4 is 5.32 Å². The Labute approximate surface area is 112 Å². The molecule has 1 saturated heterocycles. The van der Waals surface area contributed by atoms with E-state index in [1.54, 1.807) is 5.56 Å². The third kappa shape index (κ3) is 3.35. The van der Waals surface area contributed by atoms with Crippen molar-refractivity contribution in [3.05, 3.63) is 34.9 Å². The van der Waals surface area contributed by atoms with Crippen molar-refractivity contribution in [3.8, 4) is 0 Å². The zero-order chi connectivity index (χ0) is 13.2. The van der Waals surface area contributed by atoms with Crippen LogP contribution in [0.15, 0.2) is 18.2 Å². The van der Waals surface area contributed by atoms with Crippen LogP contribution >= 0.6 is 0 Å². The smallest absolute Gasteiger partial charge is 0.00462 e. The Kier molecular flexibility index (Phi) is 4.11. The van der Waals surface area contributed by atoms with Crippen molar-refractivity contribution in [2.45, 2.75) is 52.4 Å². The minimum Gasteiger partial charge on any atom is -0.317 e. The molecule has 0 unspecified atom stereocenters. The molecule has 1 aliphatic rings. The molecule has 1 aliphatic heterocycles. The molecule has 1 fully saturated rings. The number of hydrogen-bond donors (Lipinski definition) is 1. The van der Waals surface area contributed by atoms with Gasteiger partial charge < -0.3 is 5.32 Å². The van der Waals surface area contributed by atoms with E-state index in [9.17, 15) is 0 Å². The molecule has 2 rings (SSSR count). The minimum atomic E-state index is 0.260. The van der Waals surface area contributed by atoms with Gasteiger partial charge in [0.25, 0.3) is 0 Å². The van der Waals surface area contributed by atoms with Gasteiger partial charge in [-0.05, 0) is 67.3 Å². The molecule has 1 heteroatoms. The summed E-state index contributed by atoms with van der Waals surface area (Å²) in [5.41, 5.74) is 4.75. The number of piperidine rings is 1. The topological polar surface area (TPSA) is 12.0 Å². The Morgan fingerprint density at radius 3 is 2.44 bits per heavy atom. The van der Waals surface area contributed by atoms with Crippen LogP contribution in [0.5, 0.6) is 0 Å². The third-order valence-electron chi connectivity index (χ3n) is 4.18. The molecule has 1 nitrogen and oxygen atoms in total. The van der Waals surface area contributed by atoms with Gasteiger partial charge in [0, 0.05) is 0 Å². The largest absolute Gasteiger partial charge is 0.317 e. The summed E-state index contributed by atoms with van der Waals surface area (Å²) in [7, 11) is 0. The fraction of sp³-hybridized carbons (Fsp3) is 0.647. The monoisotopic (exact) mass is 245 g/mol. The van der Waals surface area contributed by atoms with Crippen molar-refractivity contribution in [1.29, 1.82) is 0 Å². The predicted molar refractivity (Wildman–Crippen MR) is 79.2 cm³/mol. The second-order valence-corrected chi connectivity index (χ2v) is 6.79. The Balaban J connectivity index is 2.15. The normalized spacial score (nSPS) is 18.0. The lowest BCUT2D eigenvalue weighted by atomic mass is 9.83. The molecule has 0 bridgehead atoms. The van der Waals surface area contributed by atoms with E-state index in [2.05, 4.69) is 51.2 Å². The first kappa shape index (κ1) is 13.6. The first-order chi connectivity index (χ1) is 8.47. The SMILES string of the molecule is Cc1ccc(C(C)(C)C)cc1CC1CCNCC1. The molecule has 0 atom stereocenters. The van der Waals surface area contributed by atoms with Gasteiger partial charge in [0.05, 0.1) is 0 Å². The highest BCUT2D eigenvalue weighted by Gasteiger charge is 2.18. The summed E-state index contributed by atoms with van der Waals surface area (Å²) >= 11 is 0. The summed E-state index contributed by atoms with van der Waals surface area (Å²) in [6.45, 7) is 11.5. The van der Waals surface area contributed by atoms with Crippen LogP contribution in [0.2, 0.25) is 0 Å². The molecule has 0 saturated carbocycles. The standard InChI is InChI=1S/C17H27N/c1-13-5-6-16(17(2,3)4)12-15(13)11-14-7-9-18-10-8-14/h5-6,12,14,18H,7-11H2,1-4H3. The molecular formula is C17H27N. The number of benzene rings is 1. The zero-order valence-electron chi connectivity index (χ0n) is 12.3. The number of aryl methyl sites for hydroxylation is 1. The molecule has 1 aromatic carbocycles. The minimum absolute atomic E-state index is 0.260. The average molecular weight is 245 g/mol. The van der Waals surface area contributed by atoms with E-state index in [0.717, 1.165) is 5.92 Å². The molecule has 1 N–H and O–H groups in total. The average Bonchev–Trinajstić information content (AvgIpc) is 2.32. The van der Waals surface area contributed by atoms with Crippen LogP contribution in [0.3, 0.4) is 0 Å². The van der Waals surface area contributed by atoms with E-state index in [1.165, 1.54) is 43.5 Å². The second kappa shape index (κ2) is 5.44. The van der Waals surface area contributed by atoms with Crippen molar-refractivity contribution in [2.75, 3.05) is 13.1 Å². The van der Waals surface area contributed by atoms with E-state index >= 15 is 0 Å². The summed E-state index contributed by atoms with van der Waals surface area (Å²) < 4.78 is 0. The first-order valence-electron chi connectivity index (χ1n) is 7.27. The van der Waals surface area contributed by atoms with Gasteiger partial charge in [-0.15, -0.1) is 0 Å². The maximum atomic E-state index is 3.45. The summed E-state index contributed by atoms with van der Waals surface area (Å²) in [6, 6.07) is 7.04. The Morgan fingerprint density at radius 2 is 1.83 bits per heavy atom. The van der Waals surface area contributed by atoms with Crippen LogP contribution in [0, 0.1) is 12.8 Å². The fourth-order valence-corrected chi connectivity index (χ4v) is 2.75. The number of rotatable bonds is 2. The van der Waals surface area contributed by atoms with Gasteiger partial charge in [-0.25, -0.2) is 0 Å². The molecular weight excluding hydrogens is 218 g/mol. The van der Waals surface area contributed by atoms with Gasteiger partial charge in [-0.2, -0.15) is 0 Å². The molecule has 18 heavy (non-hydrogen) atoms. The zero-order valence-corrected chi connectivity index (χ0v) is 12.3. The van der Waals surface area contributed by atoms with E-state index in [4.69, 9.17) is 0 Å². The van der Waals surface area contributed by atoms with Crippen molar-refractivity contribution < 1.29 is 0 Å². The van der Waals surface area contributed by atoms with E-state index in [0.29, 0.717) is 0 Å². The molecule has 0 radical (unpaired) electrons. The van der Waals surface area contributed by atoms with E-state index in [1.807, 2.05) is 0 Å². The first-order valence-corrected chi connectivity index (χ1v) is 7.27.